The lowest BCUT2D eigenvalue weighted by Crippen LogP contribution is -2.41. The van der Waals surface area contributed by atoms with Crippen molar-refractivity contribution in [2.24, 2.45) is 10.4 Å². The van der Waals surface area contributed by atoms with Gasteiger partial charge in [0.25, 0.3) is 5.91 Å². The highest BCUT2D eigenvalue weighted by atomic mass is 16.5. The van der Waals surface area contributed by atoms with Gasteiger partial charge in [-0.25, -0.2) is 0 Å². The van der Waals surface area contributed by atoms with Crippen molar-refractivity contribution in [1.29, 1.82) is 0 Å². The maximum absolute atomic E-state index is 11.7. The topological polar surface area (TPSA) is 66.0 Å². The van der Waals surface area contributed by atoms with Crippen LogP contribution in [0.3, 0.4) is 0 Å². The average Bonchev–Trinajstić information content (AvgIpc) is 3.27. The third kappa shape index (κ3) is 5.43. The molecule has 1 amide bonds. The summed E-state index contributed by atoms with van der Waals surface area (Å²) >= 11 is 0. The Hall–Kier alpha value is -2.24. The van der Waals surface area contributed by atoms with Crippen LogP contribution in [0.1, 0.15) is 50.5 Å². The van der Waals surface area contributed by atoms with Gasteiger partial charge in [-0.05, 0) is 61.6 Å². The molecular formula is C23H34N4O2. The zero-order valence-electron chi connectivity index (χ0n) is 17.6. The second-order valence-electron chi connectivity index (χ2n) is 8.88. The van der Waals surface area contributed by atoms with Crippen LogP contribution in [0.15, 0.2) is 29.3 Å². The van der Waals surface area contributed by atoms with Gasteiger partial charge in [0.05, 0.1) is 0 Å². The monoisotopic (exact) mass is 398 g/mol. The van der Waals surface area contributed by atoms with Gasteiger partial charge in [0.2, 0.25) is 0 Å². The Morgan fingerprint density at radius 1 is 1.21 bits per heavy atom. The fourth-order valence-corrected chi connectivity index (χ4v) is 4.70. The molecule has 6 nitrogen and oxygen atoms in total. The second-order valence-corrected chi connectivity index (χ2v) is 8.88. The van der Waals surface area contributed by atoms with Crippen molar-refractivity contribution in [3.63, 3.8) is 0 Å². The Bertz CT molecular complexity index is 721. The lowest BCUT2D eigenvalue weighted by molar-refractivity contribution is -0.123. The first-order valence-electron chi connectivity index (χ1n) is 11.1. The van der Waals surface area contributed by atoms with Gasteiger partial charge in [-0.15, -0.1) is 0 Å². The van der Waals surface area contributed by atoms with Crippen molar-refractivity contribution in [3.8, 4) is 5.75 Å². The summed E-state index contributed by atoms with van der Waals surface area (Å²) in [6.07, 6.45) is 9.99. The normalized spacial score (nSPS) is 20.9. The number of carbonyl (C=O) groups excluding carboxylic acids is 1. The number of nitrogens with one attached hydrogen (secondary N) is 2. The molecule has 2 saturated carbocycles. The van der Waals surface area contributed by atoms with Crippen molar-refractivity contribution in [1.82, 2.24) is 15.5 Å². The van der Waals surface area contributed by atoms with Crippen molar-refractivity contribution >= 4 is 11.9 Å². The Labute approximate surface area is 174 Å². The van der Waals surface area contributed by atoms with Gasteiger partial charge in [0.1, 0.15) is 5.75 Å². The average molecular weight is 399 g/mol. The highest BCUT2D eigenvalue weighted by Crippen LogP contribution is 2.45. The first-order chi connectivity index (χ1) is 14.2. The number of aliphatic imine (C=N–C) groups is 1. The molecular weight excluding hydrogens is 364 g/mol. The van der Waals surface area contributed by atoms with E-state index in [0.717, 1.165) is 50.6 Å². The van der Waals surface area contributed by atoms with E-state index in [9.17, 15) is 4.79 Å². The standard InChI is InChI=1S/C23H34N4O2/c1-24-22(27-15-13-23(17-27)11-2-3-12-23)25-14-10-18-4-8-20(9-5-18)29-16-21(28)26-19-6-7-19/h4-5,8-9,19H,2-3,6-7,10-17H2,1H3,(H,24,25)(H,26,28). The summed E-state index contributed by atoms with van der Waals surface area (Å²) in [5.74, 6) is 1.74. The molecule has 158 valence electrons. The molecule has 3 fully saturated rings. The van der Waals surface area contributed by atoms with Crippen LogP contribution < -0.4 is 15.4 Å². The van der Waals surface area contributed by atoms with Crippen LogP contribution in [-0.4, -0.2) is 56.1 Å². The maximum atomic E-state index is 11.7. The molecule has 0 bridgehead atoms. The minimum Gasteiger partial charge on any atom is -0.484 e. The predicted molar refractivity (Wildman–Crippen MR) is 115 cm³/mol. The van der Waals surface area contributed by atoms with Gasteiger partial charge in [0.15, 0.2) is 12.6 Å². The number of likely N-dealkylation sites (tertiary alicyclic amines) is 1. The molecule has 1 aliphatic heterocycles. The molecule has 0 unspecified atom stereocenters. The minimum absolute atomic E-state index is 0.0338. The van der Waals surface area contributed by atoms with E-state index in [4.69, 9.17) is 4.74 Å². The SMILES string of the molecule is CN=C(NCCc1ccc(OCC(=O)NC2CC2)cc1)N1CCC2(CCCC2)C1. The van der Waals surface area contributed by atoms with E-state index in [2.05, 4.69) is 32.7 Å². The Kier molecular flexibility index (Phi) is 6.26. The number of hydrogen-bond donors (Lipinski definition) is 2. The fourth-order valence-electron chi connectivity index (χ4n) is 4.70. The molecule has 4 rings (SSSR count). The zero-order chi connectivity index (χ0) is 20.1. The third-order valence-corrected chi connectivity index (χ3v) is 6.55. The molecule has 0 radical (unpaired) electrons. The van der Waals surface area contributed by atoms with Crippen molar-refractivity contribution < 1.29 is 9.53 Å². The van der Waals surface area contributed by atoms with Crippen LogP contribution in [0.2, 0.25) is 0 Å². The molecule has 1 heterocycles. The number of nitrogens with zero attached hydrogens (tertiary/aromatic N) is 2. The zero-order valence-corrected chi connectivity index (χ0v) is 17.6. The van der Waals surface area contributed by atoms with E-state index >= 15 is 0 Å². The lowest BCUT2D eigenvalue weighted by atomic mass is 9.86. The van der Waals surface area contributed by atoms with Crippen LogP contribution in [-0.2, 0) is 11.2 Å². The van der Waals surface area contributed by atoms with Gasteiger partial charge in [-0.1, -0.05) is 25.0 Å². The molecule has 0 atom stereocenters. The van der Waals surface area contributed by atoms with E-state index in [1.165, 1.54) is 37.7 Å². The summed E-state index contributed by atoms with van der Waals surface area (Å²) in [5.41, 5.74) is 1.81. The molecule has 1 aromatic carbocycles. The number of guanidine groups is 1. The second kappa shape index (κ2) is 9.06. The van der Waals surface area contributed by atoms with E-state index in [-0.39, 0.29) is 12.5 Å². The highest BCUT2D eigenvalue weighted by Gasteiger charge is 2.41. The minimum atomic E-state index is -0.0338. The Balaban J connectivity index is 1.18. The Morgan fingerprint density at radius 3 is 2.66 bits per heavy atom. The summed E-state index contributed by atoms with van der Waals surface area (Å²) < 4.78 is 5.57. The number of amides is 1. The van der Waals surface area contributed by atoms with E-state index in [1.807, 2.05) is 19.2 Å². The molecule has 2 N–H and O–H groups in total. The van der Waals surface area contributed by atoms with Gasteiger partial charge in [-0.3, -0.25) is 9.79 Å². The third-order valence-electron chi connectivity index (χ3n) is 6.55. The van der Waals surface area contributed by atoms with Crippen molar-refractivity contribution in [2.45, 2.75) is 57.4 Å². The van der Waals surface area contributed by atoms with Crippen molar-refractivity contribution in [2.75, 3.05) is 33.3 Å². The van der Waals surface area contributed by atoms with Crippen LogP contribution in [0.4, 0.5) is 0 Å². The largest absolute Gasteiger partial charge is 0.484 e. The van der Waals surface area contributed by atoms with Crippen LogP contribution in [0.5, 0.6) is 5.75 Å². The number of rotatable bonds is 7. The lowest BCUT2D eigenvalue weighted by Gasteiger charge is -2.26. The number of hydrogen-bond acceptors (Lipinski definition) is 3. The highest BCUT2D eigenvalue weighted by molar-refractivity contribution is 5.80. The molecule has 0 aromatic heterocycles. The van der Waals surface area contributed by atoms with Gasteiger partial charge >= 0.3 is 0 Å². The Morgan fingerprint density at radius 2 is 1.97 bits per heavy atom. The molecule has 1 saturated heterocycles. The molecule has 6 heteroatoms. The fraction of sp³-hybridized carbons (Fsp3) is 0.652. The van der Waals surface area contributed by atoms with Crippen LogP contribution in [0.25, 0.3) is 0 Å². The predicted octanol–water partition coefficient (Wildman–Crippen LogP) is 2.73. The van der Waals surface area contributed by atoms with Gasteiger partial charge in [0, 0.05) is 32.7 Å². The molecule has 29 heavy (non-hydrogen) atoms. The van der Waals surface area contributed by atoms with E-state index < -0.39 is 0 Å². The maximum Gasteiger partial charge on any atom is 0.258 e. The number of ether oxygens (including phenoxy) is 1. The summed E-state index contributed by atoms with van der Waals surface area (Å²) in [4.78, 5) is 18.6. The van der Waals surface area contributed by atoms with Crippen molar-refractivity contribution in [3.05, 3.63) is 29.8 Å². The number of benzene rings is 1. The van der Waals surface area contributed by atoms with E-state index in [1.54, 1.807) is 0 Å². The van der Waals surface area contributed by atoms with E-state index in [0.29, 0.717) is 11.5 Å². The first-order valence-corrected chi connectivity index (χ1v) is 11.1. The first kappa shape index (κ1) is 20.0. The molecule has 1 aromatic rings. The summed E-state index contributed by atoms with van der Waals surface area (Å²) in [7, 11) is 1.88. The smallest absolute Gasteiger partial charge is 0.258 e. The van der Waals surface area contributed by atoms with Gasteiger partial charge in [-0.2, -0.15) is 0 Å². The van der Waals surface area contributed by atoms with Crippen LogP contribution >= 0.6 is 0 Å². The number of carbonyl (C=O) groups is 1. The molecule has 3 aliphatic rings. The summed E-state index contributed by atoms with van der Waals surface area (Å²) in [6.45, 7) is 3.23. The van der Waals surface area contributed by atoms with Crippen LogP contribution in [0, 0.1) is 5.41 Å². The molecule has 2 aliphatic carbocycles. The quantitative estimate of drug-likeness (QED) is 0.548. The van der Waals surface area contributed by atoms with Gasteiger partial charge < -0.3 is 20.3 Å². The summed E-state index contributed by atoms with van der Waals surface area (Å²) in [5, 5.41) is 6.47. The summed E-state index contributed by atoms with van der Waals surface area (Å²) in [6, 6.07) is 8.41. The molecule has 1 spiro atoms.